The largest absolute Gasteiger partial charge is 0.497 e. The van der Waals surface area contributed by atoms with E-state index in [1.807, 2.05) is 78.9 Å². The summed E-state index contributed by atoms with van der Waals surface area (Å²) in [6.07, 6.45) is 0. The highest BCUT2D eigenvalue weighted by molar-refractivity contribution is 7.88. The molecule has 1 unspecified atom stereocenters. The molecule has 1 atom stereocenters. The zero-order valence-electron chi connectivity index (χ0n) is 14.7. The van der Waals surface area contributed by atoms with E-state index in [1.165, 1.54) is 0 Å². The summed E-state index contributed by atoms with van der Waals surface area (Å²) in [5, 5.41) is 1.79. The molecule has 3 nitrogen and oxygen atoms in total. The Morgan fingerprint density at radius 3 is 1.77 bits per heavy atom. The first-order chi connectivity index (χ1) is 12.7. The van der Waals surface area contributed by atoms with Gasteiger partial charge in [-0.2, -0.15) is 0 Å². The Bertz CT molecular complexity index is 898. The lowest BCUT2D eigenvalue weighted by atomic mass is 10.00. The van der Waals surface area contributed by atoms with Crippen LogP contribution in [-0.4, -0.2) is 18.4 Å². The molecule has 0 heterocycles. The van der Waals surface area contributed by atoms with Gasteiger partial charge in [0.15, 0.2) is 0 Å². The Kier molecular flexibility index (Phi) is 5.87. The summed E-state index contributed by atoms with van der Waals surface area (Å²) >= 11 is 0. The van der Waals surface area contributed by atoms with Crippen molar-refractivity contribution in [3.8, 4) is 11.5 Å². The molecular formula is C22H20O3S. The second kappa shape index (κ2) is 8.50. The van der Waals surface area contributed by atoms with E-state index in [-0.39, 0.29) is 0 Å². The number of hydrogen-bond acceptors (Lipinski definition) is 3. The van der Waals surface area contributed by atoms with Crippen LogP contribution < -0.4 is 9.47 Å². The van der Waals surface area contributed by atoms with Crippen LogP contribution in [0.2, 0.25) is 0 Å². The number of rotatable bonds is 6. The van der Waals surface area contributed by atoms with E-state index in [9.17, 15) is 4.21 Å². The van der Waals surface area contributed by atoms with Crippen molar-refractivity contribution >= 4 is 16.4 Å². The number of hydrogen-bond donors (Lipinski definition) is 0. The predicted molar refractivity (Wildman–Crippen MR) is 106 cm³/mol. The van der Waals surface area contributed by atoms with Gasteiger partial charge < -0.3 is 9.47 Å². The molecule has 0 spiro atoms. The second-order valence-corrected chi connectivity index (χ2v) is 6.90. The average molecular weight is 364 g/mol. The van der Waals surface area contributed by atoms with Gasteiger partial charge in [0.05, 0.1) is 25.0 Å². The summed E-state index contributed by atoms with van der Waals surface area (Å²) in [5.74, 6) is 1.53. The summed E-state index contributed by atoms with van der Waals surface area (Å²) in [7, 11) is 1.97. The molecule has 0 radical (unpaired) electrons. The highest BCUT2D eigenvalue weighted by Gasteiger charge is 2.09. The zero-order chi connectivity index (χ0) is 18.4. The van der Waals surface area contributed by atoms with E-state index in [0.29, 0.717) is 0 Å². The first kappa shape index (κ1) is 18.0. The fourth-order valence-electron chi connectivity index (χ4n) is 2.58. The molecule has 0 aromatic heterocycles. The summed E-state index contributed by atoms with van der Waals surface area (Å²) in [6.45, 7) is 0. The van der Waals surface area contributed by atoms with E-state index < -0.39 is 10.8 Å². The third-order valence-corrected chi connectivity index (χ3v) is 5.19. The number of benzene rings is 3. The molecule has 0 saturated carbocycles. The molecule has 132 valence electrons. The molecule has 0 aliphatic heterocycles. The molecule has 26 heavy (non-hydrogen) atoms. The maximum absolute atomic E-state index is 12.9. The Hall–Kier alpha value is -2.85. The van der Waals surface area contributed by atoms with Crippen molar-refractivity contribution in [1.29, 1.82) is 0 Å². The SMILES string of the molecule is COc1ccc(/C(=C\S(=O)c2ccc(OC)cc2)c2ccccc2)cc1. The fourth-order valence-corrected chi connectivity index (χ4v) is 3.60. The monoisotopic (exact) mass is 364 g/mol. The lowest BCUT2D eigenvalue weighted by Gasteiger charge is -2.10. The zero-order valence-corrected chi connectivity index (χ0v) is 15.5. The van der Waals surface area contributed by atoms with Crippen molar-refractivity contribution < 1.29 is 13.7 Å². The number of ether oxygens (including phenoxy) is 2. The van der Waals surface area contributed by atoms with Gasteiger partial charge in [-0.3, -0.25) is 0 Å². The highest BCUT2D eigenvalue weighted by atomic mass is 32.2. The fraction of sp³-hybridized carbons (Fsp3) is 0.0909. The standard InChI is InChI=1S/C22H20O3S/c1-24-19-10-8-18(9-11-19)22(17-6-4-3-5-7-17)16-26(23)21-14-12-20(25-2)13-15-21/h3-16H,1-2H3/b22-16-. The topological polar surface area (TPSA) is 35.5 Å². The molecule has 0 saturated heterocycles. The van der Waals surface area contributed by atoms with Gasteiger partial charge in [0.1, 0.15) is 11.5 Å². The smallest absolute Gasteiger partial charge is 0.118 e. The van der Waals surface area contributed by atoms with Crippen molar-refractivity contribution in [2.45, 2.75) is 4.90 Å². The average Bonchev–Trinajstić information content (AvgIpc) is 2.72. The van der Waals surface area contributed by atoms with Crippen LogP contribution in [0.15, 0.2) is 89.2 Å². The molecule has 0 fully saturated rings. The van der Waals surface area contributed by atoms with Crippen LogP contribution in [0.1, 0.15) is 11.1 Å². The second-order valence-electron chi connectivity index (χ2n) is 5.60. The lowest BCUT2D eigenvalue weighted by molar-refractivity contribution is 0.414. The molecule has 4 heteroatoms. The Labute approximate surface area is 156 Å². The predicted octanol–water partition coefficient (Wildman–Crippen LogP) is 4.90. The minimum atomic E-state index is -1.28. The summed E-state index contributed by atoms with van der Waals surface area (Å²) in [4.78, 5) is 0.729. The van der Waals surface area contributed by atoms with Gasteiger partial charge >= 0.3 is 0 Å². The van der Waals surface area contributed by atoms with Crippen LogP contribution >= 0.6 is 0 Å². The molecule has 3 aromatic carbocycles. The van der Waals surface area contributed by atoms with E-state index >= 15 is 0 Å². The molecular weight excluding hydrogens is 344 g/mol. The van der Waals surface area contributed by atoms with Crippen LogP contribution in [0.3, 0.4) is 0 Å². The number of methoxy groups -OCH3 is 2. The lowest BCUT2D eigenvalue weighted by Crippen LogP contribution is -1.94. The van der Waals surface area contributed by atoms with E-state index in [0.717, 1.165) is 33.1 Å². The normalized spacial score (nSPS) is 12.5. The van der Waals surface area contributed by atoms with Crippen LogP contribution in [-0.2, 0) is 10.8 Å². The van der Waals surface area contributed by atoms with Gasteiger partial charge in [-0.05, 0) is 53.1 Å². The summed E-state index contributed by atoms with van der Waals surface area (Å²) in [6, 6.07) is 25.0. The van der Waals surface area contributed by atoms with Crippen molar-refractivity contribution in [3.05, 3.63) is 95.4 Å². The van der Waals surface area contributed by atoms with E-state index in [4.69, 9.17) is 9.47 Å². The maximum atomic E-state index is 12.9. The molecule has 0 N–H and O–H groups in total. The highest BCUT2D eigenvalue weighted by Crippen LogP contribution is 2.27. The van der Waals surface area contributed by atoms with Crippen molar-refractivity contribution in [2.24, 2.45) is 0 Å². The third kappa shape index (κ3) is 4.21. The van der Waals surface area contributed by atoms with E-state index in [1.54, 1.807) is 19.6 Å². The van der Waals surface area contributed by atoms with Gasteiger partial charge in [0.25, 0.3) is 0 Å². The Morgan fingerprint density at radius 2 is 1.23 bits per heavy atom. The maximum Gasteiger partial charge on any atom is 0.118 e. The van der Waals surface area contributed by atoms with Gasteiger partial charge in [-0.25, -0.2) is 4.21 Å². The minimum absolute atomic E-state index is 0.729. The van der Waals surface area contributed by atoms with Crippen LogP contribution in [0.4, 0.5) is 0 Å². The van der Waals surface area contributed by atoms with E-state index in [2.05, 4.69) is 0 Å². The van der Waals surface area contributed by atoms with Gasteiger partial charge in [0, 0.05) is 10.3 Å². The van der Waals surface area contributed by atoms with Crippen molar-refractivity contribution in [1.82, 2.24) is 0 Å². The summed E-state index contributed by atoms with van der Waals surface area (Å²) < 4.78 is 23.3. The molecule has 0 aliphatic carbocycles. The third-order valence-electron chi connectivity index (χ3n) is 4.00. The molecule has 0 bridgehead atoms. The first-order valence-electron chi connectivity index (χ1n) is 8.17. The molecule has 0 amide bonds. The Morgan fingerprint density at radius 1 is 0.731 bits per heavy atom. The summed E-state index contributed by atoms with van der Waals surface area (Å²) in [5.41, 5.74) is 2.92. The van der Waals surface area contributed by atoms with Crippen LogP contribution in [0, 0.1) is 0 Å². The minimum Gasteiger partial charge on any atom is -0.497 e. The van der Waals surface area contributed by atoms with Gasteiger partial charge in [0.2, 0.25) is 0 Å². The van der Waals surface area contributed by atoms with Crippen LogP contribution in [0.25, 0.3) is 5.57 Å². The van der Waals surface area contributed by atoms with Gasteiger partial charge in [-0.15, -0.1) is 0 Å². The van der Waals surface area contributed by atoms with Gasteiger partial charge in [-0.1, -0.05) is 42.5 Å². The molecule has 3 aromatic rings. The first-order valence-corrected chi connectivity index (χ1v) is 9.39. The molecule has 3 rings (SSSR count). The van der Waals surface area contributed by atoms with Crippen molar-refractivity contribution in [2.75, 3.05) is 14.2 Å². The Balaban J connectivity index is 2.01. The van der Waals surface area contributed by atoms with Crippen molar-refractivity contribution in [3.63, 3.8) is 0 Å². The quantitative estimate of drug-likeness (QED) is 0.624. The molecule has 0 aliphatic rings. The van der Waals surface area contributed by atoms with Crippen LogP contribution in [0.5, 0.6) is 11.5 Å².